The van der Waals surface area contributed by atoms with Crippen LogP contribution < -0.4 is 16.4 Å². The van der Waals surface area contributed by atoms with Gasteiger partial charge in [0.1, 0.15) is 5.66 Å². The van der Waals surface area contributed by atoms with Gasteiger partial charge in [-0.05, 0) is 43.9 Å². The van der Waals surface area contributed by atoms with Crippen LogP contribution in [0.1, 0.15) is 42.6 Å². The van der Waals surface area contributed by atoms with Crippen LogP contribution in [0.3, 0.4) is 0 Å². The van der Waals surface area contributed by atoms with Crippen LogP contribution >= 0.6 is 0 Å². The Balaban J connectivity index is 1.84. The molecular weight excluding hydrogens is 346 g/mol. The lowest BCUT2D eigenvalue weighted by Gasteiger charge is -2.46. The average Bonchev–Trinajstić information content (AvgIpc) is 3.12. The molecule has 0 atom stereocenters. The Morgan fingerprint density at radius 2 is 1.78 bits per heavy atom. The number of anilines is 1. The largest absolute Gasteiger partial charge is 0.476 e. The van der Waals surface area contributed by atoms with E-state index in [-0.39, 0.29) is 17.6 Å². The van der Waals surface area contributed by atoms with Gasteiger partial charge in [-0.1, -0.05) is 18.6 Å². The number of hydrogen-bond donors (Lipinski definition) is 3. The van der Waals surface area contributed by atoms with Gasteiger partial charge in [0.2, 0.25) is 11.9 Å². The summed E-state index contributed by atoms with van der Waals surface area (Å²) in [5.74, 6) is -0.607. The Morgan fingerprint density at radius 3 is 2.44 bits per heavy atom. The zero-order valence-corrected chi connectivity index (χ0v) is 14.7. The maximum atomic E-state index is 11.2. The van der Waals surface area contributed by atoms with Gasteiger partial charge in [0.25, 0.3) is 0 Å². The number of benzene rings is 1. The molecule has 0 unspecified atom stereocenters. The van der Waals surface area contributed by atoms with Crippen LogP contribution in [-0.2, 0) is 0 Å². The molecule has 0 saturated heterocycles. The van der Waals surface area contributed by atoms with Crippen LogP contribution in [0.15, 0.2) is 46.5 Å². The Hall–Kier alpha value is -3.36. The third kappa shape index (κ3) is 2.90. The van der Waals surface area contributed by atoms with Gasteiger partial charge >= 0.3 is 5.97 Å². The predicted molar refractivity (Wildman–Crippen MR) is 102 cm³/mol. The fourth-order valence-corrected chi connectivity index (χ4v) is 3.89. The topological polar surface area (TPSA) is 135 Å². The van der Waals surface area contributed by atoms with E-state index in [0.717, 1.165) is 37.8 Å². The van der Waals surface area contributed by atoms with Crippen molar-refractivity contribution in [2.75, 3.05) is 4.90 Å². The first-order valence-electron chi connectivity index (χ1n) is 8.88. The van der Waals surface area contributed by atoms with Crippen molar-refractivity contribution in [3.63, 3.8) is 0 Å². The summed E-state index contributed by atoms with van der Waals surface area (Å²) in [6.07, 6.45) is 6.44. The van der Waals surface area contributed by atoms with Crippen molar-refractivity contribution >= 4 is 23.6 Å². The van der Waals surface area contributed by atoms with Gasteiger partial charge in [0.05, 0.1) is 11.4 Å². The molecule has 1 fully saturated rings. The molecule has 2 aromatic rings. The third-order valence-corrected chi connectivity index (χ3v) is 5.03. The number of aliphatic imine (C=N–C) groups is 2. The molecule has 2 heterocycles. The summed E-state index contributed by atoms with van der Waals surface area (Å²) in [5, 5.41) is 13.3. The van der Waals surface area contributed by atoms with Crippen molar-refractivity contribution in [2.45, 2.75) is 37.8 Å². The summed E-state index contributed by atoms with van der Waals surface area (Å²) in [6.45, 7) is 0. The maximum absolute atomic E-state index is 11.2. The van der Waals surface area contributed by atoms with Crippen LogP contribution in [0.2, 0.25) is 0 Å². The van der Waals surface area contributed by atoms with E-state index < -0.39 is 11.6 Å². The fourth-order valence-electron chi connectivity index (χ4n) is 3.89. The second-order valence-electron chi connectivity index (χ2n) is 6.76. The molecule has 0 amide bonds. The second-order valence-corrected chi connectivity index (χ2v) is 6.76. The van der Waals surface area contributed by atoms with E-state index in [0.29, 0.717) is 5.69 Å². The number of guanidine groups is 2. The molecular formula is C18H21N7O2. The minimum Gasteiger partial charge on any atom is -0.476 e. The van der Waals surface area contributed by atoms with Gasteiger partial charge in [-0.25, -0.2) is 14.5 Å². The van der Waals surface area contributed by atoms with Gasteiger partial charge in [-0.15, -0.1) is 0 Å². The molecule has 1 aliphatic heterocycles. The summed E-state index contributed by atoms with van der Waals surface area (Å²) in [4.78, 5) is 22.0. The van der Waals surface area contributed by atoms with Gasteiger partial charge in [0, 0.05) is 6.20 Å². The molecule has 2 aliphatic rings. The first-order valence-corrected chi connectivity index (χ1v) is 8.88. The number of para-hydroxylation sites is 2. The van der Waals surface area contributed by atoms with Gasteiger partial charge in [-0.3, -0.25) is 4.90 Å². The molecule has 1 spiro atoms. The number of carboxylic acid groups (broad SMARTS) is 1. The van der Waals surface area contributed by atoms with Gasteiger partial charge < -0.3 is 16.6 Å². The van der Waals surface area contributed by atoms with Gasteiger partial charge in [0.15, 0.2) is 5.69 Å². The summed E-state index contributed by atoms with van der Waals surface area (Å²) in [6, 6.07) is 8.99. The zero-order chi connectivity index (χ0) is 19.0. The molecule has 27 heavy (non-hydrogen) atoms. The highest BCUT2D eigenvalue weighted by molar-refractivity contribution is 6.06. The number of carboxylic acids is 1. The third-order valence-electron chi connectivity index (χ3n) is 5.03. The molecule has 1 aliphatic carbocycles. The second kappa shape index (κ2) is 6.42. The number of nitrogens with two attached hydrogens (primary N) is 2. The van der Waals surface area contributed by atoms with Crippen LogP contribution in [-0.4, -0.2) is 38.4 Å². The van der Waals surface area contributed by atoms with E-state index in [1.165, 1.54) is 10.7 Å². The molecule has 1 aromatic carbocycles. The van der Waals surface area contributed by atoms with Crippen LogP contribution in [0.25, 0.3) is 5.69 Å². The summed E-state index contributed by atoms with van der Waals surface area (Å²) in [7, 11) is 0. The quantitative estimate of drug-likeness (QED) is 0.755. The van der Waals surface area contributed by atoms with E-state index in [2.05, 4.69) is 15.1 Å². The summed E-state index contributed by atoms with van der Waals surface area (Å²) >= 11 is 0. The molecule has 4 rings (SSSR count). The number of hydrogen-bond acceptors (Lipinski definition) is 7. The number of aromatic carboxylic acids is 1. The summed E-state index contributed by atoms with van der Waals surface area (Å²) in [5.41, 5.74) is 13.1. The van der Waals surface area contributed by atoms with E-state index >= 15 is 0 Å². The predicted octanol–water partition coefficient (Wildman–Crippen LogP) is 1.68. The SMILES string of the molecule is NC1=NC2(CCCCC2)N(c2ccccc2-n2ccc(C(=O)O)n2)C(N)=N1. The highest BCUT2D eigenvalue weighted by atomic mass is 16.4. The first-order chi connectivity index (χ1) is 13.0. The Bertz CT molecular complexity index is 941. The van der Waals surface area contributed by atoms with Gasteiger partial charge in [-0.2, -0.15) is 10.1 Å². The number of nitrogens with zero attached hydrogens (tertiary/aromatic N) is 5. The Kier molecular flexibility index (Phi) is 4.06. The minimum absolute atomic E-state index is 0.0280. The molecule has 5 N–H and O–H groups in total. The lowest BCUT2D eigenvalue weighted by atomic mass is 9.87. The number of carbonyl (C=O) groups is 1. The molecule has 0 radical (unpaired) electrons. The van der Waals surface area contributed by atoms with Crippen molar-refractivity contribution in [2.24, 2.45) is 21.5 Å². The van der Waals surface area contributed by atoms with Crippen molar-refractivity contribution in [3.05, 3.63) is 42.2 Å². The lowest BCUT2D eigenvalue weighted by Crippen LogP contribution is -2.58. The normalized spacial score (nSPS) is 18.9. The molecule has 9 heteroatoms. The van der Waals surface area contributed by atoms with E-state index in [1.54, 1.807) is 6.20 Å². The zero-order valence-electron chi connectivity index (χ0n) is 14.7. The molecule has 0 bridgehead atoms. The first kappa shape index (κ1) is 17.1. The van der Waals surface area contributed by atoms with Crippen LogP contribution in [0.5, 0.6) is 0 Å². The van der Waals surface area contributed by atoms with Crippen molar-refractivity contribution in [1.29, 1.82) is 0 Å². The highest BCUT2D eigenvalue weighted by Crippen LogP contribution is 2.41. The average molecular weight is 367 g/mol. The van der Waals surface area contributed by atoms with E-state index in [9.17, 15) is 9.90 Å². The smallest absolute Gasteiger partial charge is 0.356 e. The number of rotatable bonds is 3. The van der Waals surface area contributed by atoms with Crippen molar-refractivity contribution in [1.82, 2.24) is 9.78 Å². The fraction of sp³-hybridized carbons (Fsp3) is 0.333. The summed E-state index contributed by atoms with van der Waals surface area (Å²) < 4.78 is 1.53. The van der Waals surface area contributed by atoms with E-state index in [1.807, 2.05) is 29.2 Å². The van der Waals surface area contributed by atoms with Crippen LogP contribution in [0.4, 0.5) is 5.69 Å². The monoisotopic (exact) mass is 367 g/mol. The standard InChI is InChI=1S/C18H21N7O2/c19-16-21-17(20)25(18(22-16)9-4-1-5-10-18)14-7-3-2-6-13(14)24-11-8-12(23-24)15(26)27/h2-3,6-8,11H,1,4-5,9-10H2,(H,26,27)(H4,19,20,21,22). The Morgan fingerprint density at radius 1 is 1.07 bits per heavy atom. The molecule has 140 valence electrons. The highest BCUT2D eigenvalue weighted by Gasteiger charge is 2.43. The molecule has 1 saturated carbocycles. The minimum atomic E-state index is -1.08. The molecule has 1 aromatic heterocycles. The maximum Gasteiger partial charge on any atom is 0.356 e. The molecule has 9 nitrogen and oxygen atoms in total. The van der Waals surface area contributed by atoms with Crippen molar-refractivity contribution < 1.29 is 9.90 Å². The lowest BCUT2D eigenvalue weighted by molar-refractivity contribution is 0.0690. The number of aromatic nitrogens is 2. The van der Waals surface area contributed by atoms with Crippen molar-refractivity contribution in [3.8, 4) is 5.69 Å². The van der Waals surface area contributed by atoms with Crippen LogP contribution in [0, 0.1) is 0 Å². The van der Waals surface area contributed by atoms with E-state index in [4.69, 9.17) is 11.5 Å². The Labute approximate surface area is 156 Å².